The molecular formula is C11H13NO3S. The van der Waals surface area contributed by atoms with Crippen molar-refractivity contribution in [2.24, 2.45) is 0 Å². The van der Waals surface area contributed by atoms with E-state index in [1.165, 1.54) is 11.3 Å². The van der Waals surface area contributed by atoms with Crippen LogP contribution in [0.2, 0.25) is 0 Å². The molecule has 0 saturated heterocycles. The number of aromatic nitrogens is 1. The highest BCUT2D eigenvalue weighted by Crippen LogP contribution is 2.44. The normalized spacial score (nSPS) is 18.6. The van der Waals surface area contributed by atoms with Crippen LogP contribution in [0.3, 0.4) is 0 Å². The minimum atomic E-state index is -0.984. The predicted octanol–water partition coefficient (Wildman–Crippen LogP) is 1.95. The Morgan fingerprint density at radius 3 is 2.56 bits per heavy atom. The summed E-state index contributed by atoms with van der Waals surface area (Å²) in [6, 6.07) is 0. The highest BCUT2D eigenvalue weighted by atomic mass is 32.1. The first kappa shape index (κ1) is 11.3. The average Bonchev–Trinajstić information content (AvgIpc) is 2.60. The second-order valence-electron chi connectivity index (χ2n) is 4.50. The molecule has 0 spiro atoms. The summed E-state index contributed by atoms with van der Waals surface area (Å²) in [5.41, 5.74) is -0.984. The van der Waals surface area contributed by atoms with Crippen LogP contribution in [-0.4, -0.2) is 21.8 Å². The van der Waals surface area contributed by atoms with Crippen LogP contribution in [0.25, 0.3) is 0 Å². The monoisotopic (exact) mass is 239 g/mol. The van der Waals surface area contributed by atoms with Crippen LogP contribution in [0, 0.1) is 0 Å². The first-order chi connectivity index (χ1) is 7.45. The summed E-state index contributed by atoms with van der Waals surface area (Å²) in [4.78, 5) is 27.2. The summed E-state index contributed by atoms with van der Waals surface area (Å²) in [7, 11) is 0. The number of thiazole rings is 1. The van der Waals surface area contributed by atoms with E-state index in [0.29, 0.717) is 10.8 Å². The van der Waals surface area contributed by atoms with Crippen molar-refractivity contribution in [1.82, 2.24) is 4.98 Å². The fourth-order valence-corrected chi connectivity index (χ4v) is 2.93. The maximum absolute atomic E-state index is 11.3. The van der Waals surface area contributed by atoms with Crippen molar-refractivity contribution in [3.8, 4) is 0 Å². The average molecular weight is 239 g/mol. The Balaban J connectivity index is 2.34. The van der Waals surface area contributed by atoms with E-state index in [1.807, 2.05) is 13.8 Å². The number of aliphatic carboxylic acids is 1. The second-order valence-corrected chi connectivity index (χ2v) is 5.56. The minimum absolute atomic E-state index is 0.0156. The Morgan fingerprint density at radius 1 is 1.56 bits per heavy atom. The Labute approximate surface area is 97.3 Å². The maximum Gasteiger partial charge on any atom is 0.315 e. The Morgan fingerprint density at radius 2 is 2.19 bits per heavy atom. The fourth-order valence-electron chi connectivity index (χ4n) is 1.83. The van der Waals surface area contributed by atoms with Gasteiger partial charge in [0.15, 0.2) is 0 Å². The minimum Gasteiger partial charge on any atom is -0.481 e. The molecule has 0 aliphatic heterocycles. The van der Waals surface area contributed by atoms with Crippen LogP contribution in [0.5, 0.6) is 0 Å². The summed E-state index contributed by atoms with van der Waals surface area (Å²) in [6.07, 6.45) is 1.84. The molecule has 1 aromatic heterocycles. The second kappa shape index (κ2) is 3.66. The van der Waals surface area contributed by atoms with Crippen LogP contribution >= 0.6 is 11.3 Å². The van der Waals surface area contributed by atoms with Crippen molar-refractivity contribution in [3.63, 3.8) is 0 Å². The largest absolute Gasteiger partial charge is 0.481 e. The van der Waals surface area contributed by atoms with Gasteiger partial charge in [-0.1, -0.05) is 13.8 Å². The van der Waals surface area contributed by atoms with E-state index in [-0.39, 0.29) is 18.6 Å². The van der Waals surface area contributed by atoms with Gasteiger partial charge in [0.2, 0.25) is 0 Å². The molecule has 1 aliphatic rings. The third-order valence-corrected chi connectivity index (χ3v) is 4.40. The Bertz CT molecular complexity index is 442. The maximum atomic E-state index is 11.3. The molecule has 1 fully saturated rings. The summed E-state index contributed by atoms with van der Waals surface area (Å²) in [6.45, 7) is 4.03. The fraction of sp³-hybridized carbons (Fsp3) is 0.545. The third kappa shape index (κ3) is 1.55. The number of carbonyl (C=O) groups excluding carboxylic acids is 1. The lowest BCUT2D eigenvalue weighted by Gasteiger charge is -2.34. The Kier molecular flexibility index (Phi) is 2.58. The molecule has 1 aliphatic carbocycles. The lowest BCUT2D eigenvalue weighted by Crippen LogP contribution is -2.47. The molecule has 0 bridgehead atoms. The predicted molar refractivity (Wildman–Crippen MR) is 59.8 cm³/mol. The molecule has 0 amide bonds. The smallest absolute Gasteiger partial charge is 0.315 e. The van der Waals surface area contributed by atoms with E-state index < -0.39 is 11.4 Å². The van der Waals surface area contributed by atoms with Crippen molar-refractivity contribution in [1.29, 1.82) is 0 Å². The summed E-state index contributed by atoms with van der Waals surface area (Å²) in [5.74, 6) is -0.603. The third-order valence-electron chi connectivity index (χ3n) is 2.90. The van der Waals surface area contributed by atoms with Gasteiger partial charge in [0.05, 0.1) is 5.01 Å². The molecule has 0 radical (unpaired) electrons. The topological polar surface area (TPSA) is 67.3 Å². The number of nitrogens with zero attached hydrogens (tertiary/aromatic N) is 1. The van der Waals surface area contributed by atoms with Crippen LogP contribution in [0.15, 0.2) is 6.20 Å². The molecule has 86 valence electrons. The standard InChI is InChI=1S/C11H13NO3S/c1-6(2)9-12-5-8(16-9)11(10(14)15)3-7(13)4-11/h5-6H,3-4H2,1-2H3,(H,14,15). The number of carboxylic acids is 1. The molecule has 1 saturated carbocycles. The van der Waals surface area contributed by atoms with E-state index in [1.54, 1.807) is 6.20 Å². The van der Waals surface area contributed by atoms with E-state index in [2.05, 4.69) is 4.98 Å². The number of hydrogen-bond acceptors (Lipinski definition) is 4. The SMILES string of the molecule is CC(C)c1ncc(C2(C(=O)O)CC(=O)C2)s1. The molecule has 0 atom stereocenters. The summed E-state index contributed by atoms with van der Waals surface area (Å²) < 4.78 is 0. The van der Waals surface area contributed by atoms with Gasteiger partial charge in [-0.05, 0) is 0 Å². The number of Topliss-reactive ketones (excluding diaryl/α,β-unsaturated/α-hetero) is 1. The highest BCUT2D eigenvalue weighted by molar-refractivity contribution is 7.12. The molecule has 16 heavy (non-hydrogen) atoms. The van der Waals surface area contributed by atoms with Gasteiger partial charge >= 0.3 is 5.97 Å². The van der Waals surface area contributed by atoms with Crippen LogP contribution in [-0.2, 0) is 15.0 Å². The van der Waals surface area contributed by atoms with Gasteiger partial charge in [-0.2, -0.15) is 0 Å². The first-order valence-electron chi connectivity index (χ1n) is 5.17. The molecule has 0 unspecified atom stereocenters. The van der Waals surface area contributed by atoms with Gasteiger partial charge in [-0.15, -0.1) is 11.3 Å². The lowest BCUT2D eigenvalue weighted by atomic mass is 9.67. The highest BCUT2D eigenvalue weighted by Gasteiger charge is 2.52. The van der Waals surface area contributed by atoms with E-state index in [9.17, 15) is 14.7 Å². The molecular weight excluding hydrogens is 226 g/mol. The van der Waals surface area contributed by atoms with Crippen molar-refractivity contribution in [2.45, 2.75) is 38.0 Å². The number of ketones is 1. The number of carbonyl (C=O) groups is 2. The molecule has 0 aromatic carbocycles. The van der Waals surface area contributed by atoms with Crippen molar-refractivity contribution in [3.05, 3.63) is 16.1 Å². The van der Waals surface area contributed by atoms with Gasteiger partial charge in [0.25, 0.3) is 0 Å². The number of carboxylic acid groups (broad SMARTS) is 1. The van der Waals surface area contributed by atoms with Gasteiger partial charge < -0.3 is 5.11 Å². The molecule has 5 heteroatoms. The van der Waals surface area contributed by atoms with Gasteiger partial charge in [0, 0.05) is 29.8 Å². The molecule has 1 N–H and O–H groups in total. The van der Waals surface area contributed by atoms with E-state index in [0.717, 1.165) is 5.01 Å². The number of hydrogen-bond donors (Lipinski definition) is 1. The van der Waals surface area contributed by atoms with Crippen LogP contribution < -0.4 is 0 Å². The first-order valence-corrected chi connectivity index (χ1v) is 5.98. The molecule has 1 heterocycles. The zero-order chi connectivity index (χ0) is 11.9. The quantitative estimate of drug-likeness (QED) is 0.875. The molecule has 1 aromatic rings. The van der Waals surface area contributed by atoms with E-state index in [4.69, 9.17) is 0 Å². The zero-order valence-electron chi connectivity index (χ0n) is 9.19. The van der Waals surface area contributed by atoms with Gasteiger partial charge in [-0.25, -0.2) is 4.98 Å². The molecule has 2 rings (SSSR count). The Hall–Kier alpha value is -1.23. The van der Waals surface area contributed by atoms with Gasteiger partial charge in [0.1, 0.15) is 11.2 Å². The van der Waals surface area contributed by atoms with Gasteiger partial charge in [-0.3, -0.25) is 9.59 Å². The number of rotatable bonds is 3. The lowest BCUT2D eigenvalue weighted by molar-refractivity contribution is -0.153. The van der Waals surface area contributed by atoms with Crippen molar-refractivity contribution < 1.29 is 14.7 Å². The zero-order valence-corrected chi connectivity index (χ0v) is 10.0. The molecule has 4 nitrogen and oxygen atoms in total. The summed E-state index contributed by atoms with van der Waals surface area (Å²) in [5, 5.41) is 10.2. The van der Waals surface area contributed by atoms with E-state index >= 15 is 0 Å². The van der Waals surface area contributed by atoms with Crippen LogP contribution in [0.4, 0.5) is 0 Å². The van der Waals surface area contributed by atoms with Crippen molar-refractivity contribution in [2.75, 3.05) is 0 Å². The van der Waals surface area contributed by atoms with Crippen molar-refractivity contribution >= 4 is 23.1 Å². The van der Waals surface area contributed by atoms with Crippen LogP contribution in [0.1, 0.15) is 42.5 Å². The summed E-state index contributed by atoms with van der Waals surface area (Å²) >= 11 is 1.41.